The van der Waals surface area contributed by atoms with Gasteiger partial charge in [-0.1, -0.05) is 0 Å². The number of halogens is 1. The Morgan fingerprint density at radius 3 is 2.77 bits per heavy atom. The summed E-state index contributed by atoms with van der Waals surface area (Å²) >= 11 is 0. The van der Waals surface area contributed by atoms with Crippen LogP contribution in [0.5, 0.6) is 0 Å². The summed E-state index contributed by atoms with van der Waals surface area (Å²) in [5.74, 6) is -0.177. The summed E-state index contributed by atoms with van der Waals surface area (Å²) in [6, 6.07) is -0.274. The minimum atomic E-state index is -0.942. The molecule has 74 valence electrons. The van der Waals surface area contributed by atoms with Gasteiger partial charge < -0.3 is 10.8 Å². The Morgan fingerprint density at radius 2 is 2.38 bits per heavy atom. The van der Waals surface area contributed by atoms with Crippen LogP contribution in [0.2, 0.25) is 0 Å². The molecule has 0 fully saturated rings. The monoisotopic (exact) mass is 206 g/mol. The molecule has 1 aromatic rings. The first-order valence-electron chi connectivity index (χ1n) is 3.48. The van der Waals surface area contributed by atoms with E-state index in [9.17, 15) is 4.79 Å². The van der Waals surface area contributed by atoms with Crippen molar-refractivity contribution >= 4 is 18.4 Å². The largest absolute Gasteiger partial charge is 0.481 e. The predicted octanol–water partition coefficient (Wildman–Crippen LogP) is -0.127. The van der Waals surface area contributed by atoms with Crippen molar-refractivity contribution < 1.29 is 9.90 Å². The highest BCUT2D eigenvalue weighted by atomic mass is 35.5. The number of H-pyrrole nitrogens is 1. The van der Waals surface area contributed by atoms with Crippen LogP contribution in [0, 0.1) is 0 Å². The number of aliphatic carboxylic acids is 1. The SMILES string of the molecule is CC(N)c1n[nH]c(CC(=O)O)n1.Cl. The molecule has 1 rings (SSSR count). The van der Waals surface area contributed by atoms with E-state index in [0.717, 1.165) is 0 Å². The minimum absolute atomic E-state index is 0. The zero-order valence-electron chi connectivity index (χ0n) is 7.02. The van der Waals surface area contributed by atoms with Crippen molar-refractivity contribution in [3.63, 3.8) is 0 Å². The van der Waals surface area contributed by atoms with Gasteiger partial charge in [0.2, 0.25) is 0 Å². The molecule has 0 aliphatic carbocycles. The fraction of sp³-hybridized carbons (Fsp3) is 0.500. The molecule has 0 aromatic carbocycles. The molecule has 6 nitrogen and oxygen atoms in total. The van der Waals surface area contributed by atoms with Gasteiger partial charge in [-0.3, -0.25) is 9.89 Å². The second kappa shape index (κ2) is 4.78. The third-order valence-electron chi connectivity index (χ3n) is 1.27. The van der Waals surface area contributed by atoms with Gasteiger partial charge >= 0.3 is 5.97 Å². The van der Waals surface area contributed by atoms with E-state index < -0.39 is 5.97 Å². The lowest BCUT2D eigenvalue weighted by atomic mass is 10.3. The lowest BCUT2D eigenvalue weighted by molar-refractivity contribution is -0.136. The molecule has 4 N–H and O–H groups in total. The van der Waals surface area contributed by atoms with Crippen molar-refractivity contribution in [1.82, 2.24) is 15.2 Å². The highest BCUT2D eigenvalue weighted by molar-refractivity contribution is 5.85. The Kier molecular flexibility index (Phi) is 4.36. The van der Waals surface area contributed by atoms with Crippen LogP contribution in [0.1, 0.15) is 24.6 Å². The number of aromatic nitrogens is 3. The number of carbonyl (C=O) groups is 1. The zero-order chi connectivity index (χ0) is 9.14. The van der Waals surface area contributed by atoms with Gasteiger partial charge in [0.05, 0.1) is 6.04 Å². The van der Waals surface area contributed by atoms with Gasteiger partial charge in [0, 0.05) is 0 Å². The average Bonchev–Trinajstić information content (AvgIpc) is 2.34. The third-order valence-corrected chi connectivity index (χ3v) is 1.27. The van der Waals surface area contributed by atoms with E-state index in [1.807, 2.05) is 0 Å². The zero-order valence-corrected chi connectivity index (χ0v) is 7.84. The van der Waals surface area contributed by atoms with Gasteiger partial charge in [-0.25, -0.2) is 4.98 Å². The number of carboxylic acid groups (broad SMARTS) is 1. The second-order valence-corrected chi connectivity index (χ2v) is 2.50. The summed E-state index contributed by atoms with van der Waals surface area (Å²) in [5.41, 5.74) is 5.47. The van der Waals surface area contributed by atoms with Crippen LogP contribution in [0.15, 0.2) is 0 Å². The maximum absolute atomic E-state index is 10.2. The van der Waals surface area contributed by atoms with E-state index in [4.69, 9.17) is 10.8 Å². The molecular formula is C6H11ClN4O2. The van der Waals surface area contributed by atoms with E-state index in [0.29, 0.717) is 11.6 Å². The number of nitrogens with zero attached hydrogens (tertiary/aromatic N) is 2. The van der Waals surface area contributed by atoms with Crippen LogP contribution in [0.3, 0.4) is 0 Å². The van der Waals surface area contributed by atoms with E-state index >= 15 is 0 Å². The van der Waals surface area contributed by atoms with E-state index in [1.54, 1.807) is 6.92 Å². The molecule has 0 bridgehead atoms. The van der Waals surface area contributed by atoms with E-state index in [-0.39, 0.29) is 24.9 Å². The maximum Gasteiger partial charge on any atom is 0.311 e. The topological polar surface area (TPSA) is 105 Å². The molecule has 1 heterocycles. The quantitative estimate of drug-likeness (QED) is 0.639. The highest BCUT2D eigenvalue weighted by Gasteiger charge is 2.09. The molecule has 1 atom stereocenters. The summed E-state index contributed by atoms with van der Waals surface area (Å²) < 4.78 is 0. The number of nitrogens with two attached hydrogens (primary N) is 1. The number of carboxylic acids is 1. The Morgan fingerprint density at radius 1 is 1.77 bits per heavy atom. The first-order valence-corrected chi connectivity index (χ1v) is 3.48. The predicted molar refractivity (Wildman–Crippen MR) is 47.6 cm³/mol. The van der Waals surface area contributed by atoms with Gasteiger partial charge in [-0.05, 0) is 6.92 Å². The molecular weight excluding hydrogens is 196 g/mol. The maximum atomic E-state index is 10.2. The van der Waals surface area contributed by atoms with Crippen LogP contribution >= 0.6 is 12.4 Å². The Bertz CT molecular complexity index is 286. The number of aromatic amines is 1. The van der Waals surface area contributed by atoms with Crippen molar-refractivity contribution in [3.05, 3.63) is 11.6 Å². The molecule has 0 aliphatic heterocycles. The van der Waals surface area contributed by atoms with Crippen LogP contribution < -0.4 is 5.73 Å². The molecule has 0 saturated heterocycles. The summed E-state index contributed by atoms with van der Waals surface area (Å²) in [4.78, 5) is 14.1. The summed E-state index contributed by atoms with van der Waals surface area (Å²) in [7, 11) is 0. The molecule has 0 spiro atoms. The van der Waals surface area contributed by atoms with Crippen molar-refractivity contribution in [2.75, 3.05) is 0 Å². The van der Waals surface area contributed by atoms with Crippen molar-refractivity contribution in [2.45, 2.75) is 19.4 Å². The van der Waals surface area contributed by atoms with Crippen LogP contribution in [0.25, 0.3) is 0 Å². The Balaban J connectivity index is 0.00000144. The number of hydrogen-bond acceptors (Lipinski definition) is 4. The number of nitrogens with one attached hydrogen (secondary N) is 1. The normalized spacial score (nSPS) is 11.8. The lowest BCUT2D eigenvalue weighted by Crippen LogP contribution is -2.07. The molecule has 0 amide bonds. The van der Waals surface area contributed by atoms with Crippen molar-refractivity contribution in [2.24, 2.45) is 5.73 Å². The average molecular weight is 207 g/mol. The van der Waals surface area contributed by atoms with Gasteiger partial charge in [0.15, 0.2) is 5.82 Å². The molecule has 7 heteroatoms. The Hall–Kier alpha value is -1.14. The fourth-order valence-corrected chi connectivity index (χ4v) is 0.736. The lowest BCUT2D eigenvalue weighted by Gasteiger charge is -1.94. The van der Waals surface area contributed by atoms with E-state index in [1.165, 1.54) is 0 Å². The molecule has 0 aliphatic rings. The van der Waals surface area contributed by atoms with Gasteiger partial charge in [-0.2, -0.15) is 5.10 Å². The smallest absolute Gasteiger partial charge is 0.311 e. The van der Waals surface area contributed by atoms with Crippen molar-refractivity contribution in [1.29, 1.82) is 0 Å². The van der Waals surface area contributed by atoms with Crippen LogP contribution in [-0.2, 0) is 11.2 Å². The molecule has 0 radical (unpaired) electrons. The second-order valence-electron chi connectivity index (χ2n) is 2.50. The molecule has 1 aromatic heterocycles. The summed E-state index contributed by atoms with van der Waals surface area (Å²) in [6.07, 6.45) is -0.153. The number of hydrogen-bond donors (Lipinski definition) is 3. The van der Waals surface area contributed by atoms with Crippen molar-refractivity contribution in [3.8, 4) is 0 Å². The summed E-state index contributed by atoms with van der Waals surface area (Å²) in [6.45, 7) is 1.73. The minimum Gasteiger partial charge on any atom is -0.481 e. The number of rotatable bonds is 3. The molecule has 0 saturated carbocycles. The van der Waals surface area contributed by atoms with E-state index in [2.05, 4.69) is 15.2 Å². The fourth-order valence-electron chi connectivity index (χ4n) is 0.736. The standard InChI is InChI=1S/C6H10N4O2.ClH/c1-3(7)6-8-4(9-10-6)2-5(11)12;/h3H,2,7H2,1H3,(H,11,12)(H,8,9,10);1H. The summed E-state index contributed by atoms with van der Waals surface area (Å²) in [5, 5.41) is 14.6. The van der Waals surface area contributed by atoms with Crippen LogP contribution in [0.4, 0.5) is 0 Å². The van der Waals surface area contributed by atoms with Gasteiger partial charge in [-0.15, -0.1) is 12.4 Å². The van der Waals surface area contributed by atoms with Crippen LogP contribution in [-0.4, -0.2) is 26.3 Å². The van der Waals surface area contributed by atoms with Gasteiger partial charge in [0.25, 0.3) is 0 Å². The highest BCUT2D eigenvalue weighted by Crippen LogP contribution is 2.01. The first kappa shape index (κ1) is 11.9. The Labute approximate surface area is 81.0 Å². The third kappa shape index (κ3) is 3.39. The molecule has 1 unspecified atom stereocenters. The van der Waals surface area contributed by atoms with Gasteiger partial charge in [0.1, 0.15) is 12.2 Å². The first-order chi connectivity index (χ1) is 5.59. The molecule has 13 heavy (non-hydrogen) atoms.